The highest BCUT2D eigenvalue weighted by Crippen LogP contribution is 2.21. The van der Waals surface area contributed by atoms with Gasteiger partial charge in [0.15, 0.2) is 5.58 Å². The predicted molar refractivity (Wildman–Crippen MR) is 73.4 cm³/mol. The molecule has 0 aliphatic rings. The van der Waals surface area contributed by atoms with Gasteiger partial charge in [-0.3, -0.25) is 9.78 Å². The molecular formula is C12H13FN2O6S. The maximum Gasteiger partial charge on any atom is 0.417 e. The van der Waals surface area contributed by atoms with Crippen LogP contribution in [0, 0.1) is 11.7 Å². The quantitative estimate of drug-likeness (QED) is 0.737. The molecule has 0 spiro atoms. The highest BCUT2D eigenvalue weighted by atomic mass is 32.2. The number of aromatic amines is 1. The zero-order chi connectivity index (χ0) is 16.7. The molecule has 22 heavy (non-hydrogen) atoms. The molecule has 0 radical (unpaired) electrons. The standard InChI is InChI=1S/C12H13FN2O6S/c1-5(2)10(11(16)17)15-22(19,20)9-4-8-7(3-6(9)13)14-12(18)21-8/h3-5,10,15H,1-2H3,(H,14,18)(H,16,17)/t10-/m1/s1. The number of carboxylic acid groups (broad SMARTS) is 1. The van der Waals surface area contributed by atoms with Crippen LogP contribution < -0.4 is 10.5 Å². The Kier molecular flexibility index (Phi) is 4.07. The summed E-state index contributed by atoms with van der Waals surface area (Å²) in [7, 11) is -4.44. The van der Waals surface area contributed by atoms with Crippen molar-refractivity contribution in [2.75, 3.05) is 0 Å². The number of fused-ring (bicyclic) bond motifs is 1. The Bertz CT molecular complexity index is 883. The average Bonchev–Trinajstić information content (AvgIpc) is 2.73. The number of oxazole rings is 1. The van der Waals surface area contributed by atoms with Gasteiger partial charge < -0.3 is 9.52 Å². The number of rotatable bonds is 5. The SMILES string of the molecule is CC(C)[C@@H](NS(=O)(=O)c1cc2oc(=O)[nH]c2cc1F)C(=O)O. The third kappa shape index (κ3) is 3.02. The van der Waals surface area contributed by atoms with Gasteiger partial charge in [0.2, 0.25) is 10.0 Å². The number of nitrogens with one attached hydrogen (secondary N) is 2. The summed E-state index contributed by atoms with van der Waals surface area (Å²) >= 11 is 0. The first kappa shape index (κ1) is 16.2. The van der Waals surface area contributed by atoms with E-state index < -0.39 is 44.4 Å². The largest absolute Gasteiger partial charge is 0.480 e. The number of hydrogen-bond acceptors (Lipinski definition) is 5. The topological polar surface area (TPSA) is 129 Å². The van der Waals surface area contributed by atoms with Crippen LogP contribution in [0.2, 0.25) is 0 Å². The molecule has 10 heteroatoms. The normalized spacial score (nSPS) is 13.6. The Balaban J connectivity index is 2.51. The van der Waals surface area contributed by atoms with Crippen LogP contribution in [0.3, 0.4) is 0 Å². The van der Waals surface area contributed by atoms with Crippen LogP contribution in [0.25, 0.3) is 11.1 Å². The van der Waals surface area contributed by atoms with Crippen molar-refractivity contribution >= 4 is 27.1 Å². The van der Waals surface area contributed by atoms with Crippen LogP contribution in [-0.2, 0) is 14.8 Å². The zero-order valence-corrected chi connectivity index (χ0v) is 12.4. The van der Waals surface area contributed by atoms with E-state index in [0.717, 1.165) is 12.1 Å². The third-order valence-corrected chi connectivity index (χ3v) is 4.43. The number of aliphatic carboxylic acids is 1. The number of benzene rings is 1. The number of carboxylic acids is 1. The van der Waals surface area contributed by atoms with Crippen molar-refractivity contribution in [1.29, 1.82) is 0 Å². The first-order valence-electron chi connectivity index (χ1n) is 6.19. The minimum atomic E-state index is -4.44. The molecule has 1 aromatic heterocycles. The van der Waals surface area contributed by atoms with Crippen LogP contribution in [0.5, 0.6) is 0 Å². The summed E-state index contributed by atoms with van der Waals surface area (Å²) in [4.78, 5) is 23.5. The maximum absolute atomic E-state index is 13.9. The van der Waals surface area contributed by atoms with E-state index in [1.165, 1.54) is 13.8 Å². The van der Waals surface area contributed by atoms with E-state index in [2.05, 4.69) is 9.40 Å². The summed E-state index contributed by atoms with van der Waals surface area (Å²) in [5, 5.41) is 9.01. The molecule has 120 valence electrons. The Morgan fingerprint density at radius 1 is 1.41 bits per heavy atom. The van der Waals surface area contributed by atoms with E-state index in [1.807, 2.05) is 4.72 Å². The second-order valence-corrected chi connectivity index (χ2v) is 6.66. The monoisotopic (exact) mass is 332 g/mol. The summed E-state index contributed by atoms with van der Waals surface area (Å²) in [6.45, 7) is 3.01. The van der Waals surface area contributed by atoms with Crippen LogP contribution in [0.1, 0.15) is 13.8 Å². The maximum atomic E-state index is 13.9. The van der Waals surface area contributed by atoms with Gasteiger partial charge in [0.25, 0.3) is 0 Å². The summed E-state index contributed by atoms with van der Waals surface area (Å²) in [5.74, 6) is -3.93. The van der Waals surface area contributed by atoms with Crippen molar-refractivity contribution in [2.24, 2.45) is 5.92 Å². The highest BCUT2D eigenvalue weighted by molar-refractivity contribution is 7.89. The van der Waals surface area contributed by atoms with Gasteiger partial charge in [-0.2, -0.15) is 4.72 Å². The molecule has 0 saturated carbocycles. The summed E-state index contributed by atoms with van der Waals surface area (Å²) in [5.41, 5.74) is -0.150. The Labute approximate surface area is 124 Å². The van der Waals surface area contributed by atoms with Crippen molar-refractivity contribution in [2.45, 2.75) is 24.8 Å². The van der Waals surface area contributed by atoms with Crippen molar-refractivity contribution in [1.82, 2.24) is 9.71 Å². The first-order chi connectivity index (χ1) is 10.1. The second kappa shape index (κ2) is 5.54. The second-order valence-electron chi connectivity index (χ2n) is 4.97. The lowest BCUT2D eigenvalue weighted by atomic mass is 10.1. The number of sulfonamides is 1. The molecule has 1 atom stereocenters. The Morgan fingerprint density at radius 3 is 2.59 bits per heavy atom. The minimum Gasteiger partial charge on any atom is -0.480 e. The van der Waals surface area contributed by atoms with Crippen LogP contribution in [-0.4, -0.2) is 30.5 Å². The molecule has 0 fully saturated rings. The van der Waals surface area contributed by atoms with Crippen LogP contribution in [0.15, 0.2) is 26.2 Å². The third-order valence-electron chi connectivity index (χ3n) is 2.98. The van der Waals surface area contributed by atoms with E-state index in [0.29, 0.717) is 0 Å². The van der Waals surface area contributed by atoms with Crippen LogP contribution in [0.4, 0.5) is 4.39 Å². The molecule has 2 rings (SSSR count). The smallest absolute Gasteiger partial charge is 0.417 e. The molecule has 1 aromatic carbocycles. The molecule has 3 N–H and O–H groups in total. The molecule has 8 nitrogen and oxygen atoms in total. The van der Waals surface area contributed by atoms with Crippen molar-refractivity contribution in [3.8, 4) is 0 Å². The summed E-state index contributed by atoms with van der Waals surface area (Å²) < 4.78 is 44.9. The highest BCUT2D eigenvalue weighted by Gasteiger charge is 2.30. The van der Waals surface area contributed by atoms with Crippen molar-refractivity contribution < 1.29 is 27.1 Å². The number of carbonyl (C=O) groups is 1. The first-order valence-corrected chi connectivity index (χ1v) is 7.67. The van der Waals surface area contributed by atoms with Gasteiger partial charge in [-0.05, 0) is 5.92 Å². The summed E-state index contributed by atoms with van der Waals surface area (Å²) in [6.07, 6.45) is 0. The van der Waals surface area contributed by atoms with Gasteiger partial charge in [0, 0.05) is 12.1 Å². The zero-order valence-electron chi connectivity index (χ0n) is 11.6. The van der Waals surface area contributed by atoms with Gasteiger partial charge in [-0.1, -0.05) is 13.8 Å². The molecule has 0 bridgehead atoms. The molecule has 0 aliphatic carbocycles. The number of aromatic nitrogens is 1. The lowest BCUT2D eigenvalue weighted by Gasteiger charge is -2.18. The fraction of sp³-hybridized carbons (Fsp3) is 0.333. The number of halogens is 1. The number of H-pyrrole nitrogens is 1. The number of hydrogen-bond donors (Lipinski definition) is 3. The molecule has 0 unspecified atom stereocenters. The van der Waals surface area contributed by atoms with Gasteiger partial charge in [-0.15, -0.1) is 0 Å². The van der Waals surface area contributed by atoms with Crippen LogP contribution >= 0.6 is 0 Å². The minimum absolute atomic E-state index is 0.0000872. The van der Waals surface area contributed by atoms with Gasteiger partial charge >= 0.3 is 11.7 Å². The van der Waals surface area contributed by atoms with Crippen molar-refractivity contribution in [3.05, 3.63) is 28.5 Å². The van der Waals surface area contributed by atoms with E-state index in [1.54, 1.807) is 0 Å². The molecule has 1 heterocycles. The van der Waals surface area contributed by atoms with E-state index >= 15 is 0 Å². The van der Waals surface area contributed by atoms with Gasteiger partial charge in [0.1, 0.15) is 16.8 Å². The molecule has 0 saturated heterocycles. The predicted octanol–water partition coefficient (Wildman–Crippen LogP) is 0.648. The summed E-state index contributed by atoms with van der Waals surface area (Å²) in [6, 6.07) is 0.197. The molecule has 0 amide bonds. The fourth-order valence-electron chi connectivity index (χ4n) is 1.86. The van der Waals surface area contributed by atoms with Gasteiger partial charge in [0.05, 0.1) is 5.52 Å². The average molecular weight is 332 g/mol. The molecular weight excluding hydrogens is 319 g/mol. The van der Waals surface area contributed by atoms with E-state index in [-0.39, 0.29) is 11.1 Å². The van der Waals surface area contributed by atoms with Crippen molar-refractivity contribution in [3.63, 3.8) is 0 Å². The molecule has 2 aromatic rings. The Hall–Kier alpha value is -2.20. The van der Waals surface area contributed by atoms with E-state index in [4.69, 9.17) is 5.11 Å². The fourth-order valence-corrected chi connectivity index (χ4v) is 3.27. The Morgan fingerprint density at radius 2 is 2.05 bits per heavy atom. The van der Waals surface area contributed by atoms with Gasteiger partial charge in [-0.25, -0.2) is 17.6 Å². The lowest BCUT2D eigenvalue weighted by Crippen LogP contribution is -2.44. The molecule has 0 aliphatic heterocycles. The van der Waals surface area contributed by atoms with E-state index in [9.17, 15) is 22.4 Å². The lowest BCUT2D eigenvalue weighted by molar-refractivity contribution is -0.140.